The van der Waals surface area contributed by atoms with E-state index in [0.717, 1.165) is 25.7 Å². The molecule has 2 aliphatic rings. The Balaban J connectivity index is 1.86. The van der Waals surface area contributed by atoms with Gasteiger partial charge in [-0.25, -0.2) is 8.42 Å². The second-order valence-electron chi connectivity index (χ2n) is 7.71. The van der Waals surface area contributed by atoms with Crippen molar-refractivity contribution in [3.05, 3.63) is 23.8 Å². The zero-order valence-corrected chi connectivity index (χ0v) is 17.7. The van der Waals surface area contributed by atoms with Crippen molar-refractivity contribution in [3.63, 3.8) is 0 Å². The summed E-state index contributed by atoms with van der Waals surface area (Å²) in [7, 11) is -0.517. The quantitative estimate of drug-likeness (QED) is 0.745. The Labute approximate surface area is 167 Å². The van der Waals surface area contributed by atoms with Crippen molar-refractivity contribution in [2.24, 2.45) is 5.92 Å². The van der Waals surface area contributed by atoms with Crippen LogP contribution >= 0.6 is 0 Å². The van der Waals surface area contributed by atoms with E-state index in [-0.39, 0.29) is 22.6 Å². The highest BCUT2D eigenvalue weighted by Crippen LogP contribution is 2.31. The van der Waals surface area contributed by atoms with Gasteiger partial charge < -0.3 is 14.4 Å². The molecule has 0 unspecified atom stereocenters. The molecule has 0 spiro atoms. The largest absolute Gasteiger partial charge is 0.495 e. The van der Waals surface area contributed by atoms with E-state index in [2.05, 4.69) is 6.92 Å². The summed E-state index contributed by atoms with van der Waals surface area (Å²) < 4.78 is 38.2. The van der Waals surface area contributed by atoms with E-state index < -0.39 is 10.0 Å². The summed E-state index contributed by atoms with van der Waals surface area (Å²) in [5.74, 6) is 0.795. The highest BCUT2D eigenvalue weighted by atomic mass is 32.2. The number of hydrogen-bond donors (Lipinski definition) is 0. The molecule has 1 aromatic carbocycles. The highest BCUT2D eigenvalue weighted by Gasteiger charge is 2.31. The van der Waals surface area contributed by atoms with Crippen LogP contribution in [-0.2, 0) is 14.8 Å². The first-order valence-corrected chi connectivity index (χ1v) is 11.3. The van der Waals surface area contributed by atoms with Gasteiger partial charge in [0.1, 0.15) is 10.6 Å². The molecule has 1 aliphatic carbocycles. The van der Waals surface area contributed by atoms with Gasteiger partial charge in [-0.1, -0.05) is 6.92 Å². The number of nitrogens with zero attached hydrogens (tertiary/aromatic N) is 2. The molecule has 28 heavy (non-hydrogen) atoms. The Morgan fingerprint density at radius 1 is 1.18 bits per heavy atom. The third kappa shape index (κ3) is 4.34. The standard InChI is InChI=1S/C20H30N2O5S/c1-15-4-7-17(8-5-15)21(2)20(23)16-6-9-18(26-3)19(14-16)28(24,25)22-10-12-27-13-11-22/h6,9,14-15,17H,4-5,7-8,10-13H2,1-3H3. The molecule has 0 atom stereocenters. The van der Waals surface area contributed by atoms with Gasteiger partial charge in [0.15, 0.2) is 0 Å². The fraction of sp³-hybridized carbons (Fsp3) is 0.650. The molecule has 1 aromatic rings. The average Bonchev–Trinajstić information content (AvgIpc) is 2.73. The van der Waals surface area contributed by atoms with Gasteiger partial charge >= 0.3 is 0 Å². The SMILES string of the molecule is COc1ccc(C(=O)N(C)C2CCC(C)CC2)cc1S(=O)(=O)N1CCOCC1. The summed E-state index contributed by atoms with van der Waals surface area (Å²) in [6.45, 7) is 3.56. The van der Waals surface area contributed by atoms with Crippen LogP contribution in [-0.4, -0.2) is 70.0 Å². The molecule has 1 heterocycles. The summed E-state index contributed by atoms with van der Waals surface area (Å²) in [5, 5.41) is 0. The molecular formula is C20H30N2O5S. The van der Waals surface area contributed by atoms with E-state index in [4.69, 9.17) is 9.47 Å². The first-order valence-electron chi connectivity index (χ1n) is 9.87. The molecule has 0 radical (unpaired) electrons. The summed E-state index contributed by atoms with van der Waals surface area (Å²) in [6.07, 6.45) is 4.19. The maximum atomic E-state index is 13.1. The monoisotopic (exact) mass is 410 g/mol. The molecule has 0 aromatic heterocycles. The van der Waals surface area contributed by atoms with Crippen LogP contribution in [0, 0.1) is 5.92 Å². The lowest BCUT2D eigenvalue weighted by atomic mass is 9.86. The number of sulfonamides is 1. The predicted octanol–water partition coefficient (Wildman–Crippen LogP) is 2.37. The van der Waals surface area contributed by atoms with Crippen molar-refractivity contribution in [1.29, 1.82) is 0 Å². The molecule has 2 fully saturated rings. The number of ether oxygens (including phenoxy) is 2. The average molecular weight is 411 g/mol. The van der Waals surface area contributed by atoms with Crippen molar-refractivity contribution in [3.8, 4) is 5.75 Å². The normalized spacial score (nSPS) is 24.0. The van der Waals surface area contributed by atoms with Crippen molar-refractivity contribution in [1.82, 2.24) is 9.21 Å². The van der Waals surface area contributed by atoms with Crippen LogP contribution in [0.4, 0.5) is 0 Å². The third-order valence-corrected chi connectivity index (χ3v) is 7.77. The van der Waals surface area contributed by atoms with Gasteiger partial charge in [-0.2, -0.15) is 4.31 Å². The molecule has 3 rings (SSSR count). The summed E-state index contributed by atoms with van der Waals surface area (Å²) in [4.78, 5) is 14.8. The summed E-state index contributed by atoms with van der Waals surface area (Å²) >= 11 is 0. The van der Waals surface area contributed by atoms with E-state index in [9.17, 15) is 13.2 Å². The molecule has 1 saturated carbocycles. The molecule has 0 bridgehead atoms. The maximum Gasteiger partial charge on any atom is 0.253 e. The lowest BCUT2D eigenvalue weighted by Gasteiger charge is -2.33. The highest BCUT2D eigenvalue weighted by molar-refractivity contribution is 7.89. The van der Waals surface area contributed by atoms with Gasteiger partial charge in [0.2, 0.25) is 10.0 Å². The number of benzene rings is 1. The van der Waals surface area contributed by atoms with Crippen LogP contribution in [0.5, 0.6) is 5.75 Å². The Kier molecular flexibility index (Phi) is 6.62. The first-order chi connectivity index (χ1) is 13.3. The summed E-state index contributed by atoms with van der Waals surface area (Å²) in [6, 6.07) is 4.86. The number of carbonyl (C=O) groups excluding carboxylic acids is 1. The molecule has 156 valence electrons. The fourth-order valence-corrected chi connectivity index (χ4v) is 5.53. The van der Waals surface area contributed by atoms with E-state index in [1.54, 1.807) is 17.0 Å². The minimum atomic E-state index is -3.76. The topological polar surface area (TPSA) is 76.2 Å². The van der Waals surface area contributed by atoms with Crippen LogP contribution in [0.3, 0.4) is 0 Å². The predicted molar refractivity (Wildman–Crippen MR) is 106 cm³/mol. The molecule has 1 amide bonds. The van der Waals surface area contributed by atoms with Gasteiger partial charge in [-0.05, 0) is 49.8 Å². The van der Waals surface area contributed by atoms with Crippen molar-refractivity contribution in [2.45, 2.75) is 43.5 Å². The Bertz CT molecular complexity index is 797. The molecule has 7 nitrogen and oxygen atoms in total. The second kappa shape index (κ2) is 8.80. The van der Waals surface area contributed by atoms with Gasteiger partial charge in [-0.3, -0.25) is 4.79 Å². The van der Waals surface area contributed by atoms with Crippen molar-refractivity contribution in [2.75, 3.05) is 40.5 Å². The van der Waals surface area contributed by atoms with Crippen LogP contribution in [0.15, 0.2) is 23.1 Å². The maximum absolute atomic E-state index is 13.1. The van der Waals surface area contributed by atoms with Gasteiger partial charge in [0, 0.05) is 31.7 Å². The van der Waals surface area contributed by atoms with Crippen molar-refractivity contribution >= 4 is 15.9 Å². The zero-order valence-electron chi connectivity index (χ0n) is 16.9. The molecular weight excluding hydrogens is 380 g/mol. The number of methoxy groups -OCH3 is 1. The number of morpholine rings is 1. The van der Waals surface area contributed by atoms with E-state index >= 15 is 0 Å². The number of amides is 1. The Morgan fingerprint density at radius 3 is 2.43 bits per heavy atom. The third-order valence-electron chi connectivity index (χ3n) is 5.85. The molecule has 1 saturated heterocycles. The second-order valence-corrected chi connectivity index (χ2v) is 9.62. The smallest absolute Gasteiger partial charge is 0.253 e. The minimum absolute atomic E-state index is 0.0356. The number of rotatable bonds is 5. The Morgan fingerprint density at radius 2 is 1.82 bits per heavy atom. The van der Waals surface area contributed by atoms with Crippen LogP contribution < -0.4 is 4.74 Å². The van der Waals surface area contributed by atoms with Gasteiger partial charge in [0.25, 0.3) is 5.91 Å². The zero-order chi connectivity index (χ0) is 20.3. The van der Waals surface area contributed by atoms with Crippen LogP contribution in [0.25, 0.3) is 0 Å². The first kappa shape index (κ1) is 21.1. The van der Waals surface area contributed by atoms with Crippen LogP contribution in [0.2, 0.25) is 0 Å². The van der Waals surface area contributed by atoms with E-state index in [0.29, 0.717) is 37.8 Å². The lowest BCUT2D eigenvalue weighted by Crippen LogP contribution is -2.41. The fourth-order valence-electron chi connectivity index (χ4n) is 3.94. The minimum Gasteiger partial charge on any atom is -0.495 e. The van der Waals surface area contributed by atoms with E-state index in [1.165, 1.54) is 17.5 Å². The molecule has 8 heteroatoms. The number of hydrogen-bond acceptors (Lipinski definition) is 5. The van der Waals surface area contributed by atoms with E-state index in [1.807, 2.05) is 7.05 Å². The molecule has 0 N–H and O–H groups in total. The Hall–Kier alpha value is -1.64. The van der Waals surface area contributed by atoms with Crippen molar-refractivity contribution < 1.29 is 22.7 Å². The van der Waals surface area contributed by atoms with Gasteiger partial charge in [-0.15, -0.1) is 0 Å². The number of carbonyl (C=O) groups is 1. The lowest BCUT2D eigenvalue weighted by molar-refractivity contribution is 0.0678. The van der Waals surface area contributed by atoms with Crippen LogP contribution in [0.1, 0.15) is 43.0 Å². The molecule has 1 aliphatic heterocycles. The summed E-state index contributed by atoms with van der Waals surface area (Å²) in [5.41, 5.74) is 0.369. The van der Waals surface area contributed by atoms with Gasteiger partial charge in [0.05, 0.1) is 20.3 Å².